The van der Waals surface area contributed by atoms with Crippen molar-refractivity contribution in [2.24, 2.45) is 5.73 Å². The average molecular weight is 220 g/mol. The van der Waals surface area contributed by atoms with Gasteiger partial charge >= 0.3 is 0 Å². The van der Waals surface area contributed by atoms with Crippen molar-refractivity contribution in [2.45, 2.75) is 27.7 Å². The van der Waals surface area contributed by atoms with Gasteiger partial charge in [-0.3, -0.25) is 5.41 Å². The molecule has 0 amide bonds. The van der Waals surface area contributed by atoms with E-state index in [0.29, 0.717) is 0 Å². The number of anilines is 1. The Morgan fingerprint density at radius 2 is 1.94 bits per heavy atom. The molecule has 0 aliphatic carbocycles. The summed E-state index contributed by atoms with van der Waals surface area (Å²) in [6.07, 6.45) is 0. The lowest BCUT2D eigenvalue weighted by atomic mass is 10.1. The predicted octanol–water partition coefficient (Wildman–Crippen LogP) is 1.83. The average Bonchev–Trinajstić information content (AvgIpc) is 2.17. The van der Waals surface area contributed by atoms with Crippen molar-refractivity contribution in [1.29, 1.82) is 5.41 Å². The highest BCUT2D eigenvalue weighted by molar-refractivity contribution is 6.01. The number of nitrogen functional groups attached to an aromatic ring is 1. The summed E-state index contributed by atoms with van der Waals surface area (Å²) in [5.74, 6) is 0.918. The largest absolute Gasteiger partial charge is 0.384 e. The lowest BCUT2D eigenvalue weighted by Crippen LogP contribution is -2.28. The van der Waals surface area contributed by atoms with Crippen molar-refractivity contribution in [2.75, 3.05) is 18.0 Å². The molecule has 0 saturated heterocycles. The molecule has 0 spiro atoms. The zero-order valence-electron chi connectivity index (χ0n) is 10.5. The highest BCUT2D eigenvalue weighted by Crippen LogP contribution is 2.21. The fourth-order valence-electron chi connectivity index (χ4n) is 1.90. The molecule has 0 aliphatic rings. The molecule has 3 N–H and O–H groups in total. The van der Waals surface area contributed by atoms with Crippen molar-refractivity contribution in [3.63, 3.8) is 0 Å². The van der Waals surface area contributed by atoms with Crippen LogP contribution in [0.2, 0.25) is 0 Å². The normalized spacial score (nSPS) is 10.2. The van der Waals surface area contributed by atoms with Crippen molar-refractivity contribution in [1.82, 2.24) is 4.98 Å². The van der Waals surface area contributed by atoms with Gasteiger partial charge in [-0.05, 0) is 39.3 Å². The summed E-state index contributed by atoms with van der Waals surface area (Å²) in [6.45, 7) is 9.82. The number of nitrogens with one attached hydrogen (secondary N) is 1. The second-order valence-electron chi connectivity index (χ2n) is 3.87. The van der Waals surface area contributed by atoms with E-state index >= 15 is 0 Å². The number of aromatic nitrogens is 1. The summed E-state index contributed by atoms with van der Waals surface area (Å²) in [4.78, 5) is 6.62. The van der Waals surface area contributed by atoms with Crippen LogP contribution in [0.15, 0.2) is 6.07 Å². The Balaban J connectivity index is 3.39. The number of amidine groups is 1. The summed E-state index contributed by atoms with van der Waals surface area (Å²) < 4.78 is 0. The van der Waals surface area contributed by atoms with Gasteiger partial charge in [0.05, 0.1) is 5.56 Å². The summed E-state index contributed by atoms with van der Waals surface area (Å²) in [5, 5.41) is 7.64. The number of pyridine rings is 1. The molecule has 1 heterocycles. The molecule has 4 nitrogen and oxygen atoms in total. The monoisotopic (exact) mass is 220 g/mol. The van der Waals surface area contributed by atoms with Gasteiger partial charge in [-0.2, -0.15) is 0 Å². The van der Waals surface area contributed by atoms with E-state index in [1.54, 1.807) is 0 Å². The zero-order chi connectivity index (χ0) is 12.3. The molecule has 0 radical (unpaired) electrons. The van der Waals surface area contributed by atoms with E-state index in [1.807, 2.05) is 19.9 Å². The van der Waals surface area contributed by atoms with Gasteiger partial charge in [0.2, 0.25) is 0 Å². The minimum atomic E-state index is 0.0897. The SMILES string of the molecule is CCN(CC)c1nc(C)cc(C)c1C(=N)N. The third kappa shape index (κ3) is 2.32. The van der Waals surface area contributed by atoms with E-state index in [1.165, 1.54) is 0 Å². The molecule has 0 fully saturated rings. The number of nitrogens with zero attached hydrogens (tertiary/aromatic N) is 2. The molecule has 16 heavy (non-hydrogen) atoms. The van der Waals surface area contributed by atoms with Crippen LogP contribution in [0.25, 0.3) is 0 Å². The first-order valence-corrected chi connectivity index (χ1v) is 5.58. The molecule has 1 aromatic rings. The van der Waals surface area contributed by atoms with E-state index in [0.717, 1.165) is 35.7 Å². The highest BCUT2D eigenvalue weighted by Gasteiger charge is 2.15. The van der Waals surface area contributed by atoms with E-state index in [-0.39, 0.29) is 5.84 Å². The lowest BCUT2D eigenvalue weighted by Gasteiger charge is -2.24. The number of hydrogen-bond acceptors (Lipinski definition) is 3. The van der Waals surface area contributed by atoms with Crippen molar-refractivity contribution in [3.8, 4) is 0 Å². The summed E-state index contributed by atoms with van der Waals surface area (Å²) in [6, 6.07) is 1.96. The van der Waals surface area contributed by atoms with Crippen LogP contribution in [0.1, 0.15) is 30.7 Å². The number of rotatable bonds is 4. The maximum Gasteiger partial charge on any atom is 0.140 e. The Morgan fingerprint density at radius 3 is 2.38 bits per heavy atom. The minimum absolute atomic E-state index is 0.0897. The first kappa shape index (κ1) is 12.5. The molecule has 0 saturated carbocycles. The van der Waals surface area contributed by atoms with Crippen molar-refractivity contribution < 1.29 is 0 Å². The van der Waals surface area contributed by atoms with Crippen LogP contribution in [0.4, 0.5) is 5.82 Å². The molecule has 0 aliphatic heterocycles. The molecule has 88 valence electrons. The van der Waals surface area contributed by atoms with Crippen LogP contribution in [-0.2, 0) is 0 Å². The smallest absolute Gasteiger partial charge is 0.140 e. The first-order chi connectivity index (χ1) is 7.51. The van der Waals surface area contributed by atoms with Gasteiger partial charge in [0, 0.05) is 18.8 Å². The Bertz CT molecular complexity index is 394. The minimum Gasteiger partial charge on any atom is -0.384 e. The zero-order valence-corrected chi connectivity index (χ0v) is 10.5. The Morgan fingerprint density at radius 1 is 1.38 bits per heavy atom. The molecule has 1 aromatic heterocycles. The topological polar surface area (TPSA) is 66.0 Å². The lowest BCUT2D eigenvalue weighted by molar-refractivity contribution is 0.839. The highest BCUT2D eigenvalue weighted by atomic mass is 15.2. The standard InChI is InChI=1S/C12H20N4/c1-5-16(6-2)12-10(11(13)14)8(3)7-9(4)15-12/h7H,5-6H2,1-4H3,(H3,13,14). The molecular formula is C12H20N4. The fraction of sp³-hybridized carbons (Fsp3) is 0.500. The second kappa shape index (κ2) is 4.96. The number of aryl methyl sites for hydroxylation is 2. The van der Waals surface area contributed by atoms with Crippen LogP contribution < -0.4 is 10.6 Å². The van der Waals surface area contributed by atoms with Gasteiger partial charge < -0.3 is 10.6 Å². The Labute approximate surface area is 97.0 Å². The van der Waals surface area contributed by atoms with E-state index < -0.39 is 0 Å². The second-order valence-corrected chi connectivity index (χ2v) is 3.87. The van der Waals surface area contributed by atoms with Crippen LogP contribution in [0.3, 0.4) is 0 Å². The molecular weight excluding hydrogens is 200 g/mol. The van der Waals surface area contributed by atoms with Crippen LogP contribution >= 0.6 is 0 Å². The maximum atomic E-state index is 7.64. The predicted molar refractivity (Wildman–Crippen MR) is 68.3 cm³/mol. The Hall–Kier alpha value is -1.58. The molecule has 0 aromatic carbocycles. The quantitative estimate of drug-likeness (QED) is 0.601. The number of nitrogens with two attached hydrogens (primary N) is 1. The van der Waals surface area contributed by atoms with Crippen molar-refractivity contribution in [3.05, 3.63) is 22.9 Å². The molecule has 0 bridgehead atoms. The van der Waals surface area contributed by atoms with E-state index in [9.17, 15) is 0 Å². The maximum absolute atomic E-state index is 7.64. The van der Waals surface area contributed by atoms with Crippen LogP contribution in [0.5, 0.6) is 0 Å². The van der Waals surface area contributed by atoms with Gasteiger partial charge in [-0.25, -0.2) is 4.98 Å². The van der Waals surface area contributed by atoms with Crippen LogP contribution in [-0.4, -0.2) is 23.9 Å². The van der Waals surface area contributed by atoms with Gasteiger partial charge in [-0.1, -0.05) is 0 Å². The molecule has 4 heteroatoms. The van der Waals surface area contributed by atoms with Gasteiger partial charge in [0.1, 0.15) is 11.7 Å². The Kier molecular flexibility index (Phi) is 3.88. The van der Waals surface area contributed by atoms with E-state index in [4.69, 9.17) is 11.1 Å². The van der Waals surface area contributed by atoms with Crippen molar-refractivity contribution >= 4 is 11.7 Å². The third-order valence-electron chi connectivity index (χ3n) is 2.66. The molecule has 1 rings (SSSR count). The number of hydrogen-bond donors (Lipinski definition) is 2. The van der Waals surface area contributed by atoms with Gasteiger partial charge in [0.15, 0.2) is 0 Å². The first-order valence-electron chi connectivity index (χ1n) is 5.58. The molecule has 0 unspecified atom stereocenters. The van der Waals surface area contributed by atoms with Gasteiger partial charge in [-0.15, -0.1) is 0 Å². The summed E-state index contributed by atoms with van der Waals surface area (Å²) in [7, 11) is 0. The van der Waals surface area contributed by atoms with E-state index in [2.05, 4.69) is 23.7 Å². The van der Waals surface area contributed by atoms with Crippen LogP contribution in [0, 0.1) is 19.3 Å². The third-order valence-corrected chi connectivity index (χ3v) is 2.66. The fourth-order valence-corrected chi connectivity index (χ4v) is 1.90. The van der Waals surface area contributed by atoms with Gasteiger partial charge in [0.25, 0.3) is 0 Å². The molecule has 0 atom stereocenters. The summed E-state index contributed by atoms with van der Waals surface area (Å²) >= 11 is 0. The summed E-state index contributed by atoms with van der Waals surface area (Å²) in [5.41, 5.74) is 8.37.